The van der Waals surface area contributed by atoms with Gasteiger partial charge in [0.15, 0.2) is 6.29 Å². The maximum Gasteiger partial charge on any atom is 0.168 e. The summed E-state index contributed by atoms with van der Waals surface area (Å²) in [6, 6.07) is 0.558. The van der Waals surface area contributed by atoms with E-state index in [1.807, 2.05) is 4.57 Å². The summed E-state index contributed by atoms with van der Waals surface area (Å²) < 4.78 is 1.94. The monoisotopic (exact) mass is 136 g/mol. The zero-order valence-corrected chi connectivity index (χ0v) is 5.53. The molecule has 1 aliphatic rings. The van der Waals surface area contributed by atoms with Crippen molar-refractivity contribution >= 4 is 6.29 Å². The lowest BCUT2D eigenvalue weighted by atomic mass is 10.5. The van der Waals surface area contributed by atoms with Gasteiger partial charge in [-0.2, -0.15) is 0 Å². The highest BCUT2D eigenvalue weighted by Crippen LogP contribution is 2.35. The van der Waals surface area contributed by atoms with Crippen LogP contribution in [0.15, 0.2) is 12.5 Å². The fourth-order valence-electron chi connectivity index (χ4n) is 1.06. The van der Waals surface area contributed by atoms with E-state index < -0.39 is 0 Å². The van der Waals surface area contributed by atoms with Crippen molar-refractivity contribution in [2.75, 3.05) is 0 Å². The smallest absolute Gasteiger partial charge is 0.168 e. The van der Waals surface area contributed by atoms with Gasteiger partial charge in [-0.1, -0.05) is 0 Å². The van der Waals surface area contributed by atoms with Crippen LogP contribution in [0.5, 0.6) is 0 Å². The summed E-state index contributed by atoms with van der Waals surface area (Å²) in [6.45, 7) is 0. The molecule has 0 N–H and O–H groups in total. The normalized spacial score (nSPS) is 17.2. The largest absolute Gasteiger partial charge is 0.325 e. The van der Waals surface area contributed by atoms with Gasteiger partial charge in [0.1, 0.15) is 5.69 Å². The van der Waals surface area contributed by atoms with Crippen LogP contribution in [0.25, 0.3) is 0 Å². The summed E-state index contributed by atoms with van der Waals surface area (Å²) in [6.07, 6.45) is 6.56. The zero-order chi connectivity index (χ0) is 6.97. The quantitative estimate of drug-likeness (QED) is 0.569. The molecule has 1 fully saturated rings. The molecule has 3 heteroatoms. The molecule has 1 aromatic heterocycles. The number of carbonyl (C=O) groups excluding carboxylic acids is 1. The molecule has 0 radical (unpaired) electrons. The number of carbonyl (C=O) groups is 1. The van der Waals surface area contributed by atoms with Crippen molar-refractivity contribution in [3.05, 3.63) is 18.2 Å². The predicted molar refractivity (Wildman–Crippen MR) is 35.9 cm³/mol. The summed E-state index contributed by atoms with van der Waals surface area (Å²) in [4.78, 5) is 14.2. The number of imidazole rings is 1. The Labute approximate surface area is 58.7 Å². The number of aldehydes is 1. The van der Waals surface area contributed by atoms with Gasteiger partial charge in [0.05, 0.1) is 12.5 Å². The van der Waals surface area contributed by atoms with Crippen molar-refractivity contribution in [3.63, 3.8) is 0 Å². The van der Waals surface area contributed by atoms with Crippen molar-refractivity contribution in [1.82, 2.24) is 9.55 Å². The number of hydrogen-bond donors (Lipinski definition) is 0. The van der Waals surface area contributed by atoms with Crippen LogP contribution in [0.4, 0.5) is 0 Å². The molecule has 0 unspecified atom stereocenters. The Kier molecular flexibility index (Phi) is 1.09. The summed E-state index contributed by atoms with van der Waals surface area (Å²) in [5.41, 5.74) is 0.697. The lowest BCUT2D eigenvalue weighted by Crippen LogP contribution is -1.96. The van der Waals surface area contributed by atoms with Crippen LogP contribution in [0.3, 0.4) is 0 Å². The minimum Gasteiger partial charge on any atom is -0.325 e. The van der Waals surface area contributed by atoms with Gasteiger partial charge in [-0.25, -0.2) is 4.98 Å². The number of hydrogen-bond acceptors (Lipinski definition) is 2. The third-order valence-electron chi connectivity index (χ3n) is 1.76. The van der Waals surface area contributed by atoms with Crippen LogP contribution in [0.1, 0.15) is 29.4 Å². The Balaban J connectivity index is 2.37. The van der Waals surface area contributed by atoms with Crippen LogP contribution in [-0.2, 0) is 0 Å². The van der Waals surface area contributed by atoms with Crippen molar-refractivity contribution in [3.8, 4) is 0 Å². The second-order valence-electron chi connectivity index (χ2n) is 2.57. The van der Waals surface area contributed by atoms with Gasteiger partial charge in [0, 0.05) is 6.04 Å². The van der Waals surface area contributed by atoms with Crippen molar-refractivity contribution in [2.24, 2.45) is 0 Å². The van der Waals surface area contributed by atoms with Gasteiger partial charge in [-0.15, -0.1) is 0 Å². The number of rotatable bonds is 2. The minimum absolute atomic E-state index is 0.558. The molecule has 0 amide bonds. The third-order valence-corrected chi connectivity index (χ3v) is 1.76. The van der Waals surface area contributed by atoms with Gasteiger partial charge in [-0.05, 0) is 12.8 Å². The highest BCUT2D eigenvalue weighted by Gasteiger charge is 2.24. The molecule has 0 spiro atoms. The molecule has 1 heterocycles. The topological polar surface area (TPSA) is 34.9 Å². The van der Waals surface area contributed by atoms with Crippen molar-refractivity contribution in [2.45, 2.75) is 18.9 Å². The summed E-state index contributed by atoms with van der Waals surface area (Å²) in [5, 5.41) is 0. The maximum absolute atomic E-state index is 10.4. The molecule has 0 aromatic carbocycles. The van der Waals surface area contributed by atoms with Gasteiger partial charge < -0.3 is 4.57 Å². The first-order chi connectivity index (χ1) is 4.92. The van der Waals surface area contributed by atoms with Crippen LogP contribution in [0, 0.1) is 0 Å². The molecular formula is C7H8N2O. The SMILES string of the molecule is O=Cc1cncn1C1CC1. The van der Waals surface area contributed by atoms with Gasteiger partial charge in [-0.3, -0.25) is 4.79 Å². The van der Waals surface area contributed by atoms with E-state index in [-0.39, 0.29) is 0 Å². The maximum atomic E-state index is 10.4. The second-order valence-corrected chi connectivity index (χ2v) is 2.57. The number of aromatic nitrogens is 2. The van der Waals surface area contributed by atoms with E-state index in [0.29, 0.717) is 11.7 Å². The predicted octanol–water partition coefficient (Wildman–Crippen LogP) is 1.03. The molecule has 1 aromatic rings. The molecule has 0 atom stereocenters. The summed E-state index contributed by atoms with van der Waals surface area (Å²) in [5.74, 6) is 0. The average Bonchev–Trinajstić information content (AvgIpc) is 2.69. The molecule has 3 nitrogen and oxygen atoms in total. The fourth-order valence-corrected chi connectivity index (χ4v) is 1.06. The minimum atomic E-state index is 0.558. The van der Waals surface area contributed by atoms with Gasteiger partial charge >= 0.3 is 0 Å². The van der Waals surface area contributed by atoms with Crippen molar-refractivity contribution in [1.29, 1.82) is 0 Å². The van der Waals surface area contributed by atoms with Crippen LogP contribution in [0.2, 0.25) is 0 Å². The Morgan fingerprint density at radius 2 is 2.50 bits per heavy atom. The molecule has 0 saturated heterocycles. The Hall–Kier alpha value is -1.12. The van der Waals surface area contributed by atoms with Gasteiger partial charge in [0.2, 0.25) is 0 Å². The Morgan fingerprint density at radius 3 is 3.10 bits per heavy atom. The second kappa shape index (κ2) is 1.94. The lowest BCUT2D eigenvalue weighted by Gasteiger charge is -1.97. The van der Waals surface area contributed by atoms with Gasteiger partial charge in [0.25, 0.3) is 0 Å². The molecular weight excluding hydrogens is 128 g/mol. The molecule has 0 aliphatic heterocycles. The Morgan fingerprint density at radius 1 is 1.70 bits per heavy atom. The Bertz CT molecular complexity index is 250. The summed E-state index contributed by atoms with van der Waals surface area (Å²) >= 11 is 0. The molecule has 1 saturated carbocycles. The molecule has 1 aliphatic carbocycles. The third kappa shape index (κ3) is 0.744. The fraction of sp³-hybridized carbons (Fsp3) is 0.429. The van der Waals surface area contributed by atoms with E-state index >= 15 is 0 Å². The summed E-state index contributed by atoms with van der Waals surface area (Å²) in [7, 11) is 0. The first kappa shape index (κ1) is 5.65. The molecule has 52 valence electrons. The van der Waals surface area contributed by atoms with E-state index in [2.05, 4.69) is 4.98 Å². The first-order valence-corrected chi connectivity index (χ1v) is 3.39. The first-order valence-electron chi connectivity index (χ1n) is 3.39. The van der Waals surface area contributed by atoms with E-state index in [4.69, 9.17) is 0 Å². The van der Waals surface area contributed by atoms with Crippen LogP contribution in [-0.4, -0.2) is 15.8 Å². The highest BCUT2D eigenvalue weighted by atomic mass is 16.1. The standard InChI is InChI=1S/C7H8N2O/c10-4-7-3-8-5-9(7)6-1-2-6/h3-6H,1-2H2. The molecule has 2 rings (SSSR count). The van der Waals surface area contributed by atoms with E-state index in [1.54, 1.807) is 12.5 Å². The van der Waals surface area contributed by atoms with Crippen LogP contribution < -0.4 is 0 Å². The van der Waals surface area contributed by atoms with E-state index in [0.717, 1.165) is 6.29 Å². The van der Waals surface area contributed by atoms with Crippen LogP contribution >= 0.6 is 0 Å². The van der Waals surface area contributed by atoms with E-state index in [9.17, 15) is 4.79 Å². The van der Waals surface area contributed by atoms with E-state index in [1.165, 1.54) is 12.8 Å². The molecule has 0 bridgehead atoms. The lowest BCUT2D eigenvalue weighted by molar-refractivity contribution is 0.111. The number of nitrogens with zero attached hydrogens (tertiary/aromatic N) is 2. The zero-order valence-electron chi connectivity index (χ0n) is 5.53. The highest BCUT2D eigenvalue weighted by molar-refractivity contribution is 5.71. The van der Waals surface area contributed by atoms with Crippen molar-refractivity contribution < 1.29 is 4.79 Å². The molecule has 10 heavy (non-hydrogen) atoms. The average molecular weight is 136 g/mol.